The van der Waals surface area contributed by atoms with Crippen LogP contribution in [0.3, 0.4) is 0 Å². The quantitative estimate of drug-likeness (QED) is 0.420. The molecule has 0 saturated carbocycles. The van der Waals surface area contributed by atoms with E-state index in [4.69, 9.17) is 30.6 Å². The van der Waals surface area contributed by atoms with Crippen molar-refractivity contribution in [1.29, 1.82) is 0 Å². The number of nitrogens with one attached hydrogen (secondary N) is 1. The van der Waals surface area contributed by atoms with Crippen LogP contribution in [-0.2, 0) is 19.2 Å². The summed E-state index contributed by atoms with van der Waals surface area (Å²) in [6.45, 7) is 2.93. The van der Waals surface area contributed by atoms with E-state index in [1.54, 1.807) is 49.4 Å². The molecule has 1 atom stereocenters. The van der Waals surface area contributed by atoms with Crippen LogP contribution in [0.2, 0.25) is 5.02 Å². The second-order valence-electron chi connectivity index (χ2n) is 6.15. The number of nitrogens with zero attached hydrogens (tertiary/aromatic N) is 1. The molecule has 29 heavy (non-hydrogen) atoms. The van der Waals surface area contributed by atoms with Gasteiger partial charge in [-0.15, -0.1) is 0 Å². The van der Waals surface area contributed by atoms with Gasteiger partial charge in [0.2, 0.25) is 13.4 Å². The van der Waals surface area contributed by atoms with Crippen LogP contribution in [0.25, 0.3) is 0 Å². The minimum atomic E-state index is -1.01. The molecule has 2 aromatic rings. The van der Waals surface area contributed by atoms with Crippen molar-refractivity contribution in [2.75, 3.05) is 18.7 Å². The first-order valence-electron chi connectivity index (χ1n) is 8.75. The van der Waals surface area contributed by atoms with Gasteiger partial charge in [0.1, 0.15) is 0 Å². The molecule has 0 fully saturated rings. The first kappa shape index (κ1) is 20.5. The van der Waals surface area contributed by atoms with Crippen LogP contribution in [0.1, 0.15) is 19.4 Å². The number of rotatable bonds is 7. The number of hydrogen-bond donors (Lipinski definition) is 1. The number of anilines is 1. The molecule has 0 radical (unpaired) electrons. The lowest BCUT2D eigenvalue weighted by Crippen LogP contribution is -2.31. The number of hydrogen-bond acceptors (Lipinski definition) is 7. The number of carbonyl (C=O) groups excluding carboxylic acids is 2. The molecule has 1 N–H and O–H groups in total. The third kappa shape index (κ3) is 5.61. The summed E-state index contributed by atoms with van der Waals surface area (Å²) in [6, 6.07) is 12.0. The van der Waals surface area contributed by atoms with Gasteiger partial charge in [0, 0.05) is 16.3 Å². The van der Waals surface area contributed by atoms with Gasteiger partial charge in [-0.05, 0) is 50.2 Å². The van der Waals surface area contributed by atoms with E-state index in [2.05, 4.69) is 10.5 Å². The van der Waals surface area contributed by atoms with Crippen molar-refractivity contribution in [3.05, 3.63) is 53.1 Å². The molecule has 0 bridgehead atoms. The Labute approximate surface area is 172 Å². The molecule has 152 valence electrons. The van der Waals surface area contributed by atoms with E-state index in [9.17, 15) is 9.59 Å². The summed E-state index contributed by atoms with van der Waals surface area (Å²) in [6.07, 6.45) is -1.01. The standard InChI is InChI=1S/C20H19ClN2O6/c1-12(14-6-7-17-18(8-14)27-11-26-17)23-28-10-19(24)29-13(2)20(25)22-16-5-3-4-15(21)9-16/h3-9,13H,10-11H2,1-2H3,(H,22,25)/b23-12-/t13-/m0/s1. The Hall–Kier alpha value is -3.26. The molecule has 0 aliphatic carbocycles. The molecule has 3 rings (SSSR count). The lowest BCUT2D eigenvalue weighted by Gasteiger charge is -2.13. The fourth-order valence-corrected chi connectivity index (χ4v) is 2.64. The van der Waals surface area contributed by atoms with E-state index in [1.165, 1.54) is 6.92 Å². The molecule has 0 saturated heterocycles. The first-order chi connectivity index (χ1) is 13.9. The van der Waals surface area contributed by atoms with Crippen molar-refractivity contribution < 1.29 is 28.6 Å². The molecule has 0 spiro atoms. The number of oxime groups is 1. The highest BCUT2D eigenvalue weighted by atomic mass is 35.5. The summed E-state index contributed by atoms with van der Waals surface area (Å²) in [5.41, 5.74) is 1.81. The molecule has 1 heterocycles. The summed E-state index contributed by atoms with van der Waals surface area (Å²) in [7, 11) is 0. The average molecular weight is 419 g/mol. The third-order valence-corrected chi connectivity index (χ3v) is 4.18. The van der Waals surface area contributed by atoms with Gasteiger partial charge in [0.05, 0.1) is 5.71 Å². The van der Waals surface area contributed by atoms with Crippen LogP contribution in [0.15, 0.2) is 47.6 Å². The van der Waals surface area contributed by atoms with E-state index in [0.717, 1.165) is 5.56 Å². The summed E-state index contributed by atoms with van der Waals surface area (Å²) >= 11 is 5.87. The zero-order chi connectivity index (χ0) is 20.8. The number of amides is 1. The third-order valence-electron chi connectivity index (χ3n) is 3.94. The van der Waals surface area contributed by atoms with Gasteiger partial charge < -0.3 is 24.4 Å². The zero-order valence-corrected chi connectivity index (χ0v) is 16.6. The highest BCUT2D eigenvalue weighted by molar-refractivity contribution is 6.30. The van der Waals surface area contributed by atoms with Gasteiger partial charge >= 0.3 is 5.97 Å². The number of fused-ring (bicyclic) bond motifs is 1. The number of ether oxygens (including phenoxy) is 3. The Morgan fingerprint density at radius 2 is 2.00 bits per heavy atom. The fraction of sp³-hybridized carbons (Fsp3) is 0.250. The van der Waals surface area contributed by atoms with Gasteiger partial charge in [-0.2, -0.15) is 0 Å². The molecule has 1 aliphatic heterocycles. The zero-order valence-electron chi connectivity index (χ0n) is 15.8. The summed E-state index contributed by atoms with van der Waals surface area (Å²) in [4.78, 5) is 29.0. The van der Waals surface area contributed by atoms with Gasteiger partial charge in [-0.1, -0.05) is 22.8 Å². The topological polar surface area (TPSA) is 95.5 Å². The number of esters is 1. The number of halogens is 1. The molecule has 0 aromatic heterocycles. The monoisotopic (exact) mass is 418 g/mol. The average Bonchev–Trinajstić information content (AvgIpc) is 3.15. The van der Waals surface area contributed by atoms with Crippen LogP contribution < -0.4 is 14.8 Å². The molecule has 2 aromatic carbocycles. The highest BCUT2D eigenvalue weighted by Crippen LogP contribution is 2.32. The number of benzene rings is 2. The van der Waals surface area contributed by atoms with Crippen molar-refractivity contribution in [2.24, 2.45) is 5.16 Å². The molecule has 8 nitrogen and oxygen atoms in total. The predicted octanol–water partition coefficient (Wildman–Crippen LogP) is 3.38. The Balaban J connectivity index is 1.46. The van der Waals surface area contributed by atoms with Crippen molar-refractivity contribution >= 4 is 34.9 Å². The molecule has 1 aliphatic rings. The SMILES string of the molecule is C/C(=N/OCC(=O)O[C@@H](C)C(=O)Nc1cccc(Cl)c1)c1ccc2c(c1)OCO2. The summed E-state index contributed by atoms with van der Waals surface area (Å²) < 4.78 is 15.6. The van der Waals surface area contributed by atoms with Gasteiger partial charge in [-0.25, -0.2) is 4.79 Å². The predicted molar refractivity (Wildman–Crippen MR) is 106 cm³/mol. The first-order valence-corrected chi connectivity index (χ1v) is 9.12. The molecule has 0 unspecified atom stereocenters. The Morgan fingerprint density at radius 1 is 1.21 bits per heavy atom. The van der Waals surface area contributed by atoms with E-state index < -0.39 is 24.6 Å². The van der Waals surface area contributed by atoms with Gasteiger partial charge in [0.15, 0.2) is 17.6 Å². The van der Waals surface area contributed by atoms with Crippen molar-refractivity contribution in [3.63, 3.8) is 0 Å². The van der Waals surface area contributed by atoms with Gasteiger partial charge in [0.25, 0.3) is 5.91 Å². The second-order valence-corrected chi connectivity index (χ2v) is 6.59. The maximum Gasteiger partial charge on any atom is 0.347 e. The van der Waals surface area contributed by atoms with Crippen LogP contribution in [0, 0.1) is 0 Å². The lowest BCUT2D eigenvalue weighted by atomic mass is 10.1. The molecule has 1 amide bonds. The van der Waals surface area contributed by atoms with Crippen LogP contribution >= 0.6 is 11.6 Å². The molecular weight excluding hydrogens is 400 g/mol. The van der Waals surface area contributed by atoms with Crippen LogP contribution in [0.5, 0.6) is 11.5 Å². The minimum Gasteiger partial charge on any atom is -0.454 e. The summed E-state index contributed by atoms with van der Waals surface area (Å²) in [5.74, 6) is 0.0775. The maximum atomic E-state index is 12.1. The number of carbonyl (C=O) groups is 2. The van der Waals surface area contributed by atoms with Crippen LogP contribution in [-0.4, -0.2) is 37.1 Å². The Bertz CT molecular complexity index is 946. The van der Waals surface area contributed by atoms with Crippen molar-refractivity contribution in [3.8, 4) is 11.5 Å². The Kier molecular flexibility index (Phi) is 6.56. The second kappa shape index (κ2) is 9.29. The fourth-order valence-electron chi connectivity index (χ4n) is 2.45. The minimum absolute atomic E-state index is 0.181. The van der Waals surface area contributed by atoms with Crippen LogP contribution in [0.4, 0.5) is 5.69 Å². The maximum absolute atomic E-state index is 12.1. The van der Waals surface area contributed by atoms with E-state index in [-0.39, 0.29) is 6.79 Å². The summed E-state index contributed by atoms with van der Waals surface area (Å²) in [5, 5.41) is 6.99. The highest BCUT2D eigenvalue weighted by Gasteiger charge is 2.19. The van der Waals surface area contributed by atoms with E-state index in [1.807, 2.05) is 0 Å². The van der Waals surface area contributed by atoms with Crippen molar-refractivity contribution in [1.82, 2.24) is 0 Å². The smallest absolute Gasteiger partial charge is 0.347 e. The molecule has 9 heteroatoms. The normalized spacial score (nSPS) is 13.6. The van der Waals surface area contributed by atoms with E-state index >= 15 is 0 Å². The van der Waals surface area contributed by atoms with Gasteiger partial charge in [-0.3, -0.25) is 4.79 Å². The largest absolute Gasteiger partial charge is 0.454 e. The lowest BCUT2D eigenvalue weighted by molar-refractivity contribution is -0.157. The molecular formula is C20H19ClN2O6. The van der Waals surface area contributed by atoms with Crippen molar-refractivity contribution in [2.45, 2.75) is 20.0 Å². The van der Waals surface area contributed by atoms with E-state index in [0.29, 0.717) is 27.9 Å². The Morgan fingerprint density at radius 3 is 2.79 bits per heavy atom.